The average molecular weight is 421 g/mol. The summed E-state index contributed by atoms with van der Waals surface area (Å²) in [6, 6.07) is 19.5. The Balaban J connectivity index is 1.65. The van der Waals surface area contributed by atoms with Crippen LogP contribution < -0.4 is 10.2 Å². The van der Waals surface area contributed by atoms with Crippen molar-refractivity contribution in [1.29, 1.82) is 0 Å². The molecule has 1 aliphatic rings. The van der Waals surface area contributed by atoms with Gasteiger partial charge in [-0.2, -0.15) is 0 Å². The van der Waals surface area contributed by atoms with Crippen molar-refractivity contribution in [3.8, 4) is 0 Å². The zero-order valence-corrected chi connectivity index (χ0v) is 17.4. The SMILES string of the molecule is Cc1ccc(C2(O)C(=O)N(CC(=O)Nc3ccc(C)cc3Cl)c3ccccc32)cc1. The molecule has 0 spiro atoms. The van der Waals surface area contributed by atoms with Gasteiger partial charge in [0.15, 0.2) is 5.60 Å². The summed E-state index contributed by atoms with van der Waals surface area (Å²) in [5, 5.41) is 14.6. The predicted octanol–water partition coefficient (Wildman–Crippen LogP) is 4.18. The maximum Gasteiger partial charge on any atom is 0.268 e. The zero-order valence-electron chi connectivity index (χ0n) is 16.6. The number of anilines is 2. The number of carbonyl (C=O) groups is 2. The number of fused-ring (bicyclic) bond motifs is 1. The number of hydrogen-bond donors (Lipinski definition) is 2. The highest BCUT2D eigenvalue weighted by Gasteiger charge is 2.51. The van der Waals surface area contributed by atoms with E-state index in [1.807, 2.05) is 32.0 Å². The first-order chi connectivity index (χ1) is 14.3. The summed E-state index contributed by atoms with van der Waals surface area (Å²) in [5.74, 6) is -0.963. The zero-order chi connectivity index (χ0) is 21.5. The molecule has 5 nitrogen and oxygen atoms in total. The number of aliphatic hydroxyl groups is 1. The van der Waals surface area contributed by atoms with Crippen molar-refractivity contribution in [2.24, 2.45) is 0 Å². The van der Waals surface area contributed by atoms with Crippen LogP contribution in [0.15, 0.2) is 66.7 Å². The highest BCUT2D eigenvalue weighted by Crippen LogP contribution is 2.44. The van der Waals surface area contributed by atoms with Gasteiger partial charge in [0.05, 0.1) is 16.4 Å². The number of nitrogens with one attached hydrogen (secondary N) is 1. The smallest absolute Gasteiger partial charge is 0.268 e. The molecule has 4 rings (SSSR count). The standard InChI is InChI=1S/C24H21ClN2O3/c1-15-7-10-17(11-8-15)24(30)18-5-3-4-6-21(18)27(23(24)29)14-22(28)26-20-12-9-16(2)13-19(20)25/h3-13,30H,14H2,1-2H3,(H,26,28). The highest BCUT2D eigenvalue weighted by atomic mass is 35.5. The molecule has 30 heavy (non-hydrogen) atoms. The minimum absolute atomic E-state index is 0.242. The molecule has 0 bridgehead atoms. The number of amides is 2. The molecular formula is C24H21ClN2O3. The number of rotatable bonds is 4. The van der Waals surface area contributed by atoms with E-state index in [9.17, 15) is 14.7 Å². The van der Waals surface area contributed by atoms with E-state index in [0.717, 1.165) is 11.1 Å². The summed E-state index contributed by atoms with van der Waals surface area (Å²) >= 11 is 6.20. The number of aryl methyl sites for hydroxylation is 2. The lowest BCUT2D eigenvalue weighted by atomic mass is 9.87. The quantitative estimate of drug-likeness (QED) is 0.665. The number of benzene rings is 3. The van der Waals surface area contributed by atoms with E-state index >= 15 is 0 Å². The monoisotopic (exact) mass is 420 g/mol. The van der Waals surface area contributed by atoms with Crippen LogP contribution in [0.2, 0.25) is 5.02 Å². The topological polar surface area (TPSA) is 69.6 Å². The second kappa shape index (κ2) is 7.59. The molecule has 0 fully saturated rings. The van der Waals surface area contributed by atoms with Gasteiger partial charge in [-0.05, 0) is 43.2 Å². The van der Waals surface area contributed by atoms with Crippen molar-refractivity contribution in [3.05, 3.63) is 94.0 Å². The molecule has 3 aromatic carbocycles. The van der Waals surface area contributed by atoms with Gasteiger partial charge in [-0.15, -0.1) is 0 Å². The largest absolute Gasteiger partial charge is 0.372 e. The van der Waals surface area contributed by atoms with Crippen LogP contribution in [0.5, 0.6) is 0 Å². The maximum absolute atomic E-state index is 13.3. The third kappa shape index (κ3) is 3.36. The number of para-hydroxylation sites is 1. The number of carbonyl (C=O) groups excluding carboxylic acids is 2. The van der Waals surface area contributed by atoms with E-state index in [1.54, 1.807) is 48.5 Å². The molecule has 0 radical (unpaired) electrons. The van der Waals surface area contributed by atoms with Crippen LogP contribution in [0.25, 0.3) is 0 Å². The van der Waals surface area contributed by atoms with Gasteiger partial charge in [0.1, 0.15) is 6.54 Å². The molecule has 152 valence electrons. The van der Waals surface area contributed by atoms with Crippen LogP contribution in [0.3, 0.4) is 0 Å². The van der Waals surface area contributed by atoms with E-state index in [1.165, 1.54) is 4.90 Å². The lowest BCUT2D eigenvalue weighted by molar-refractivity contribution is -0.133. The van der Waals surface area contributed by atoms with Gasteiger partial charge in [-0.3, -0.25) is 14.5 Å². The molecule has 6 heteroatoms. The maximum atomic E-state index is 13.3. The lowest BCUT2D eigenvalue weighted by Crippen LogP contribution is -2.44. The van der Waals surface area contributed by atoms with Gasteiger partial charge in [0.2, 0.25) is 5.91 Å². The molecule has 2 N–H and O–H groups in total. The molecule has 2 amide bonds. The molecule has 0 aliphatic carbocycles. The fourth-order valence-corrected chi connectivity index (χ4v) is 4.00. The van der Waals surface area contributed by atoms with Crippen LogP contribution >= 0.6 is 11.6 Å². The van der Waals surface area contributed by atoms with E-state index in [4.69, 9.17) is 11.6 Å². The third-order valence-corrected chi connectivity index (χ3v) is 5.62. The van der Waals surface area contributed by atoms with Gasteiger partial charge in [0, 0.05) is 5.56 Å². The van der Waals surface area contributed by atoms with Gasteiger partial charge in [-0.25, -0.2) is 0 Å². The fraction of sp³-hybridized carbons (Fsp3) is 0.167. The summed E-state index contributed by atoms with van der Waals surface area (Å²) in [4.78, 5) is 27.4. The Morgan fingerprint density at radius 1 is 1.03 bits per heavy atom. The normalized spacial score (nSPS) is 17.7. The van der Waals surface area contributed by atoms with Gasteiger partial charge in [0.25, 0.3) is 5.91 Å². The highest BCUT2D eigenvalue weighted by molar-refractivity contribution is 6.33. The van der Waals surface area contributed by atoms with Gasteiger partial charge < -0.3 is 10.4 Å². The Morgan fingerprint density at radius 2 is 1.70 bits per heavy atom. The van der Waals surface area contributed by atoms with Crippen LogP contribution in [-0.4, -0.2) is 23.5 Å². The van der Waals surface area contributed by atoms with Crippen molar-refractivity contribution in [2.75, 3.05) is 16.8 Å². The third-order valence-electron chi connectivity index (χ3n) is 5.31. The molecule has 1 heterocycles. The van der Waals surface area contributed by atoms with E-state index in [-0.39, 0.29) is 6.54 Å². The molecule has 0 aromatic heterocycles. The molecule has 1 atom stereocenters. The fourth-order valence-electron chi connectivity index (χ4n) is 3.72. The molecule has 0 saturated carbocycles. The van der Waals surface area contributed by atoms with Crippen molar-refractivity contribution in [2.45, 2.75) is 19.4 Å². The van der Waals surface area contributed by atoms with E-state index in [2.05, 4.69) is 5.32 Å². The molecule has 0 saturated heterocycles. The second-order valence-corrected chi connectivity index (χ2v) is 7.92. The van der Waals surface area contributed by atoms with Crippen LogP contribution in [0.1, 0.15) is 22.3 Å². The van der Waals surface area contributed by atoms with Crippen molar-refractivity contribution in [1.82, 2.24) is 0 Å². The lowest BCUT2D eigenvalue weighted by Gasteiger charge is -2.23. The minimum atomic E-state index is -1.84. The van der Waals surface area contributed by atoms with Crippen LogP contribution in [0.4, 0.5) is 11.4 Å². The Hall–Kier alpha value is -3.15. The first-order valence-electron chi connectivity index (χ1n) is 9.57. The minimum Gasteiger partial charge on any atom is -0.372 e. The summed E-state index contributed by atoms with van der Waals surface area (Å²) in [7, 11) is 0. The molecule has 3 aromatic rings. The number of halogens is 1. The number of hydrogen-bond acceptors (Lipinski definition) is 3. The van der Waals surface area contributed by atoms with E-state index in [0.29, 0.717) is 27.5 Å². The Labute approximate surface area is 179 Å². The number of nitrogens with zero attached hydrogens (tertiary/aromatic N) is 1. The van der Waals surface area contributed by atoms with Gasteiger partial charge >= 0.3 is 0 Å². The van der Waals surface area contributed by atoms with Crippen LogP contribution in [0, 0.1) is 13.8 Å². The first kappa shape index (κ1) is 20.1. The molecule has 1 aliphatic heterocycles. The summed E-state index contributed by atoms with van der Waals surface area (Å²) in [6.45, 7) is 3.60. The van der Waals surface area contributed by atoms with Crippen molar-refractivity contribution < 1.29 is 14.7 Å². The summed E-state index contributed by atoms with van der Waals surface area (Å²) in [6.07, 6.45) is 0. The average Bonchev–Trinajstić information content (AvgIpc) is 2.93. The first-order valence-corrected chi connectivity index (χ1v) is 9.95. The van der Waals surface area contributed by atoms with Crippen molar-refractivity contribution in [3.63, 3.8) is 0 Å². The predicted molar refractivity (Wildman–Crippen MR) is 118 cm³/mol. The summed E-state index contributed by atoms with van der Waals surface area (Å²) < 4.78 is 0. The second-order valence-electron chi connectivity index (χ2n) is 7.52. The Bertz CT molecular complexity index is 1140. The van der Waals surface area contributed by atoms with Crippen molar-refractivity contribution >= 4 is 34.8 Å². The Morgan fingerprint density at radius 3 is 2.40 bits per heavy atom. The van der Waals surface area contributed by atoms with E-state index < -0.39 is 17.4 Å². The Kier molecular flexibility index (Phi) is 5.10. The van der Waals surface area contributed by atoms with Crippen LogP contribution in [-0.2, 0) is 15.2 Å². The van der Waals surface area contributed by atoms with Gasteiger partial charge in [-0.1, -0.05) is 65.7 Å². The molecule has 1 unspecified atom stereocenters. The molecular weight excluding hydrogens is 400 g/mol. The summed E-state index contributed by atoms with van der Waals surface area (Å²) in [5.41, 5.74) is 2.07.